The van der Waals surface area contributed by atoms with E-state index in [9.17, 15) is 9.59 Å². The molecule has 0 aromatic rings. The van der Waals surface area contributed by atoms with E-state index in [0.29, 0.717) is 0 Å². The standard InChI is InChI=1S/C11H19NO4/c1-11(2,3)16-10(15)12-8(9(13)14)7-5-4-6-7/h7-8H,4-6H2,1-3H3,(H,12,15)(H,13,14)/t8-/m0/s1. The van der Waals surface area contributed by atoms with Gasteiger partial charge in [-0.3, -0.25) is 0 Å². The first-order chi connectivity index (χ1) is 7.29. The fraction of sp³-hybridized carbons (Fsp3) is 0.818. The molecule has 16 heavy (non-hydrogen) atoms. The highest BCUT2D eigenvalue weighted by molar-refractivity contribution is 5.80. The van der Waals surface area contributed by atoms with Crippen LogP contribution in [-0.4, -0.2) is 28.8 Å². The summed E-state index contributed by atoms with van der Waals surface area (Å²) in [5.74, 6) is -0.944. The molecule has 0 spiro atoms. The first-order valence-electron chi connectivity index (χ1n) is 5.52. The van der Waals surface area contributed by atoms with Crippen LogP contribution in [0.1, 0.15) is 40.0 Å². The van der Waals surface area contributed by atoms with Crippen molar-refractivity contribution in [2.75, 3.05) is 0 Å². The van der Waals surface area contributed by atoms with Gasteiger partial charge in [-0.25, -0.2) is 9.59 Å². The van der Waals surface area contributed by atoms with E-state index >= 15 is 0 Å². The number of hydrogen-bond acceptors (Lipinski definition) is 3. The molecule has 1 atom stereocenters. The van der Waals surface area contributed by atoms with Gasteiger partial charge in [0, 0.05) is 0 Å². The maximum absolute atomic E-state index is 11.4. The first kappa shape index (κ1) is 12.8. The van der Waals surface area contributed by atoms with Gasteiger partial charge in [0.25, 0.3) is 0 Å². The second-order valence-corrected chi connectivity index (χ2v) is 5.15. The molecular formula is C11H19NO4. The number of nitrogens with one attached hydrogen (secondary N) is 1. The Balaban J connectivity index is 2.48. The van der Waals surface area contributed by atoms with Crippen molar-refractivity contribution in [1.29, 1.82) is 0 Å². The fourth-order valence-corrected chi connectivity index (χ4v) is 1.59. The molecule has 0 radical (unpaired) electrons. The number of carboxylic acid groups (broad SMARTS) is 1. The number of carboxylic acids is 1. The quantitative estimate of drug-likeness (QED) is 0.773. The minimum atomic E-state index is -0.990. The summed E-state index contributed by atoms with van der Waals surface area (Å²) >= 11 is 0. The molecule has 5 heteroatoms. The molecule has 0 aromatic carbocycles. The van der Waals surface area contributed by atoms with E-state index in [1.807, 2.05) is 0 Å². The van der Waals surface area contributed by atoms with E-state index in [1.165, 1.54) is 0 Å². The third kappa shape index (κ3) is 3.72. The van der Waals surface area contributed by atoms with E-state index < -0.39 is 23.7 Å². The maximum Gasteiger partial charge on any atom is 0.408 e. The zero-order valence-corrected chi connectivity index (χ0v) is 9.95. The number of carbonyl (C=O) groups is 2. The van der Waals surface area contributed by atoms with E-state index in [2.05, 4.69) is 5.32 Å². The molecule has 1 fully saturated rings. The average molecular weight is 229 g/mol. The number of aliphatic carboxylic acids is 1. The van der Waals surface area contributed by atoms with Crippen molar-refractivity contribution in [2.45, 2.75) is 51.7 Å². The zero-order valence-electron chi connectivity index (χ0n) is 9.95. The molecule has 92 valence electrons. The van der Waals surface area contributed by atoms with Gasteiger partial charge >= 0.3 is 12.1 Å². The molecule has 1 rings (SSSR count). The topological polar surface area (TPSA) is 75.6 Å². The largest absolute Gasteiger partial charge is 0.480 e. The summed E-state index contributed by atoms with van der Waals surface area (Å²) in [5.41, 5.74) is -0.604. The first-order valence-corrected chi connectivity index (χ1v) is 5.52. The Labute approximate surface area is 95.2 Å². The van der Waals surface area contributed by atoms with Gasteiger partial charge in [0.1, 0.15) is 11.6 Å². The number of alkyl carbamates (subject to hydrolysis) is 1. The summed E-state index contributed by atoms with van der Waals surface area (Å²) in [7, 11) is 0. The van der Waals surface area contributed by atoms with Crippen LogP contribution in [0.4, 0.5) is 4.79 Å². The van der Waals surface area contributed by atoms with Gasteiger partial charge in [0.15, 0.2) is 0 Å². The minimum Gasteiger partial charge on any atom is -0.480 e. The lowest BCUT2D eigenvalue weighted by atomic mass is 9.80. The van der Waals surface area contributed by atoms with Crippen LogP contribution in [-0.2, 0) is 9.53 Å². The van der Waals surface area contributed by atoms with Crippen LogP contribution in [0.3, 0.4) is 0 Å². The van der Waals surface area contributed by atoms with Crippen LogP contribution in [0, 0.1) is 5.92 Å². The van der Waals surface area contributed by atoms with Gasteiger partial charge in [-0.1, -0.05) is 6.42 Å². The number of ether oxygens (including phenoxy) is 1. The lowest BCUT2D eigenvalue weighted by Gasteiger charge is -2.32. The molecular weight excluding hydrogens is 210 g/mol. The summed E-state index contributed by atoms with van der Waals surface area (Å²) < 4.78 is 5.02. The van der Waals surface area contributed by atoms with Crippen molar-refractivity contribution >= 4 is 12.1 Å². The molecule has 0 saturated heterocycles. The summed E-state index contributed by atoms with van der Waals surface area (Å²) in [6, 6.07) is -0.816. The molecule has 0 unspecified atom stereocenters. The van der Waals surface area contributed by atoms with Crippen molar-refractivity contribution in [3.63, 3.8) is 0 Å². The molecule has 0 aliphatic heterocycles. The molecule has 5 nitrogen and oxygen atoms in total. The number of amides is 1. The molecule has 1 aliphatic carbocycles. The normalized spacial score (nSPS) is 18.4. The van der Waals surface area contributed by atoms with Gasteiger partial charge in [-0.05, 0) is 39.5 Å². The lowest BCUT2D eigenvalue weighted by molar-refractivity contribution is -0.141. The van der Waals surface area contributed by atoms with Gasteiger partial charge in [-0.15, -0.1) is 0 Å². The lowest BCUT2D eigenvalue weighted by Crippen LogP contribution is -2.49. The van der Waals surface area contributed by atoms with E-state index in [1.54, 1.807) is 20.8 Å². The van der Waals surface area contributed by atoms with Crippen LogP contribution in [0.2, 0.25) is 0 Å². The van der Waals surface area contributed by atoms with Crippen molar-refractivity contribution in [3.8, 4) is 0 Å². The Bertz CT molecular complexity index is 278. The van der Waals surface area contributed by atoms with Crippen molar-refractivity contribution < 1.29 is 19.4 Å². The van der Waals surface area contributed by atoms with Crippen LogP contribution in [0.25, 0.3) is 0 Å². The van der Waals surface area contributed by atoms with Crippen LogP contribution in [0.15, 0.2) is 0 Å². The van der Waals surface area contributed by atoms with Crippen molar-refractivity contribution in [1.82, 2.24) is 5.32 Å². The van der Waals surface area contributed by atoms with Crippen LogP contribution in [0.5, 0.6) is 0 Å². The van der Waals surface area contributed by atoms with Crippen molar-refractivity contribution in [3.05, 3.63) is 0 Å². The third-order valence-electron chi connectivity index (χ3n) is 2.56. The summed E-state index contributed by atoms with van der Waals surface area (Å²) in [6.45, 7) is 5.23. The number of hydrogen-bond donors (Lipinski definition) is 2. The van der Waals surface area contributed by atoms with Gasteiger partial charge in [-0.2, -0.15) is 0 Å². The number of carbonyl (C=O) groups excluding carboxylic acids is 1. The maximum atomic E-state index is 11.4. The Kier molecular flexibility index (Phi) is 3.78. The predicted molar refractivity (Wildman–Crippen MR) is 58.1 cm³/mol. The van der Waals surface area contributed by atoms with Crippen LogP contribution < -0.4 is 5.32 Å². The predicted octanol–water partition coefficient (Wildman–Crippen LogP) is 1.76. The molecule has 0 bridgehead atoms. The summed E-state index contributed by atoms with van der Waals surface area (Å²) in [5, 5.41) is 11.4. The highest BCUT2D eigenvalue weighted by atomic mass is 16.6. The highest BCUT2D eigenvalue weighted by Crippen LogP contribution is 2.29. The third-order valence-corrected chi connectivity index (χ3v) is 2.56. The van der Waals surface area contributed by atoms with E-state index in [-0.39, 0.29) is 5.92 Å². The molecule has 1 amide bonds. The number of rotatable bonds is 3. The average Bonchev–Trinajstić information content (AvgIpc) is 1.95. The zero-order chi connectivity index (χ0) is 12.3. The highest BCUT2D eigenvalue weighted by Gasteiger charge is 2.34. The summed E-state index contributed by atoms with van der Waals surface area (Å²) in [4.78, 5) is 22.4. The second-order valence-electron chi connectivity index (χ2n) is 5.15. The van der Waals surface area contributed by atoms with E-state index in [4.69, 9.17) is 9.84 Å². The smallest absolute Gasteiger partial charge is 0.408 e. The minimum absolute atomic E-state index is 0.0463. The Morgan fingerprint density at radius 1 is 1.38 bits per heavy atom. The summed E-state index contributed by atoms with van der Waals surface area (Å²) in [6.07, 6.45) is 2.08. The van der Waals surface area contributed by atoms with Crippen molar-refractivity contribution in [2.24, 2.45) is 5.92 Å². The van der Waals surface area contributed by atoms with Gasteiger partial charge in [0.05, 0.1) is 0 Å². The Morgan fingerprint density at radius 2 is 1.94 bits per heavy atom. The second kappa shape index (κ2) is 4.72. The SMILES string of the molecule is CC(C)(C)OC(=O)N[C@H](C(=O)O)C1CCC1. The monoisotopic (exact) mass is 229 g/mol. The molecule has 1 saturated carbocycles. The van der Waals surface area contributed by atoms with Gasteiger partial charge in [0.2, 0.25) is 0 Å². The Hall–Kier alpha value is -1.26. The molecule has 1 aliphatic rings. The molecule has 0 heterocycles. The molecule has 0 aromatic heterocycles. The fourth-order valence-electron chi connectivity index (χ4n) is 1.59. The Morgan fingerprint density at radius 3 is 2.25 bits per heavy atom. The molecule has 2 N–H and O–H groups in total. The van der Waals surface area contributed by atoms with Gasteiger partial charge < -0.3 is 15.2 Å². The van der Waals surface area contributed by atoms with Crippen LogP contribution >= 0.6 is 0 Å². The van der Waals surface area contributed by atoms with E-state index in [0.717, 1.165) is 19.3 Å².